The molecular formula is C11H19NO2. The molecule has 80 valence electrons. The first kappa shape index (κ1) is 9.97. The maximum atomic E-state index is 11.4. The molecule has 0 bridgehead atoms. The molecule has 1 saturated heterocycles. The van der Waals surface area contributed by atoms with Crippen LogP contribution in [0.25, 0.3) is 0 Å². The largest absolute Gasteiger partial charge is 0.391 e. The summed E-state index contributed by atoms with van der Waals surface area (Å²) in [7, 11) is 0. The van der Waals surface area contributed by atoms with E-state index in [2.05, 4.69) is 6.92 Å². The fourth-order valence-electron chi connectivity index (χ4n) is 2.70. The summed E-state index contributed by atoms with van der Waals surface area (Å²) in [6, 6.07) is 0. The van der Waals surface area contributed by atoms with E-state index in [1.165, 1.54) is 19.3 Å². The Labute approximate surface area is 85.1 Å². The van der Waals surface area contributed by atoms with E-state index in [0.717, 1.165) is 12.5 Å². The van der Waals surface area contributed by atoms with Crippen molar-refractivity contribution >= 4 is 5.91 Å². The molecule has 14 heavy (non-hydrogen) atoms. The fourth-order valence-corrected chi connectivity index (χ4v) is 2.70. The first-order valence-corrected chi connectivity index (χ1v) is 5.62. The van der Waals surface area contributed by atoms with Crippen LogP contribution in [0.15, 0.2) is 0 Å². The Morgan fingerprint density at radius 3 is 2.79 bits per heavy atom. The normalized spacial score (nSPS) is 38.3. The molecule has 2 fully saturated rings. The first-order chi connectivity index (χ1) is 6.66. The zero-order valence-electron chi connectivity index (χ0n) is 8.78. The molecule has 1 N–H and O–H groups in total. The number of aliphatic hydroxyl groups excluding tert-OH is 1. The van der Waals surface area contributed by atoms with Gasteiger partial charge < -0.3 is 10.0 Å². The van der Waals surface area contributed by atoms with Gasteiger partial charge in [0.25, 0.3) is 0 Å². The molecule has 3 unspecified atom stereocenters. The fraction of sp³-hybridized carbons (Fsp3) is 0.909. The van der Waals surface area contributed by atoms with Gasteiger partial charge in [0, 0.05) is 13.1 Å². The standard InChI is InChI=1S/C11H19NO2/c1-8-3-2-4-9(8)6-12-7-10(13)5-11(12)14/h8-10,13H,2-7H2,1H3. The number of carbonyl (C=O) groups excluding carboxylic acids is 1. The number of nitrogens with zero attached hydrogens (tertiary/aromatic N) is 1. The quantitative estimate of drug-likeness (QED) is 0.718. The van der Waals surface area contributed by atoms with Gasteiger partial charge in [-0.05, 0) is 18.3 Å². The van der Waals surface area contributed by atoms with Crippen LogP contribution < -0.4 is 0 Å². The van der Waals surface area contributed by atoms with Gasteiger partial charge in [-0.1, -0.05) is 19.8 Å². The van der Waals surface area contributed by atoms with Crippen molar-refractivity contribution in [3.63, 3.8) is 0 Å². The molecule has 3 nitrogen and oxygen atoms in total. The van der Waals surface area contributed by atoms with Crippen molar-refractivity contribution in [2.45, 2.75) is 38.7 Å². The molecule has 2 rings (SSSR count). The lowest BCUT2D eigenvalue weighted by Gasteiger charge is -2.23. The topological polar surface area (TPSA) is 40.5 Å². The van der Waals surface area contributed by atoms with Crippen LogP contribution in [0.1, 0.15) is 32.6 Å². The molecule has 1 aliphatic carbocycles. The summed E-state index contributed by atoms with van der Waals surface area (Å²) in [6.45, 7) is 3.70. The van der Waals surface area contributed by atoms with Crippen molar-refractivity contribution in [1.29, 1.82) is 0 Å². The van der Waals surface area contributed by atoms with E-state index in [1.807, 2.05) is 4.90 Å². The molecule has 0 aromatic rings. The number of aliphatic hydroxyl groups is 1. The molecule has 1 amide bonds. The Morgan fingerprint density at radius 1 is 1.50 bits per heavy atom. The van der Waals surface area contributed by atoms with Crippen LogP contribution in [0.4, 0.5) is 0 Å². The van der Waals surface area contributed by atoms with Crippen LogP contribution in [0.2, 0.25) is 0 Å². The van der Waals surface area contributed by atoms with Gasteiger partial charge in [0.1, 0.15) is 0 Å². The number of β-amino-alcohol motifs (C(OH)–C–C–N with tert-alkyl or cyclic N) is 1. The van der Waals surface area contributed by atoms with Crippen molar-refractivity contribution < 1.29 is 9.90 Å². The second kappa shape index (κ2) is 3.89. The van der Waals surface area contributed by atoms with E-state index in [0.29, 0.717) is 18.9 Å². The van der Waals surface area contributed by atoms with Crippen LogP contribution in [0, 0.1) is 11.8 Å². The number of hydrogen-bond donors (Lipinski definition) is 1. The second-order valence-electron chi connectivity index (χ2n) is 4.82. The van der Waals surface area contributed by atoms with E-state index >= 15 is 0 Å². The van der Waals surface area contributed by atoms with Gasteiger partial charge in [-0.3, -0.25) is 4.79 Å². The Kier molecular flexibility index (Phi) is 2.77. The van der Waals surface area contributed by atoms with E-state index in [1.54, 1.807) is 0 Å². The second-order valence-corrected chi connectivity index (χ2v) is 4.82. The van der Waals surface area contributed by atoms with Crippen LogP contribution >= 0.6 is 0 Å². The van der Waals surface area contributed by atoms with Crippen LogP contribution in [-0.4, -0.2) is 35.1 Å². The first-order valence-electron chi connectivity index (χ1n) is 5.62. The molecule has 0 radical (unpaired) electrons. The average Bonchev–Trinajstić information content (AvgIpc) is 2.62. The minimum Gasteiger partial charge on any atom is -0.391 e. The minimum absolute atomic E-state index is 0.136. The van der Waals surface area contributed by atoms with Gasteiger partial charge in [-0.25, -0.2) is 0 Å². The summed E-state index contributed by atoms with van der Waals surface area (Å²) in [5.74, 6) is 1.56. The zero-order valence-corrected chi connectivity index (χ0v) is 8.78. The molecule has 3 heteroatoms. The molecule has 0 aromatic carbocycles. The summed E-state index contributed by atoms with van der Waals surface area (Å²) < 4.78 is 0. The molecule has 1 saturated carbocycles. The van der Waals surface area contributed by atoms with Crippen molar-refractivity contribution in [2.24, 2.45) is 11.8 Å². The van der Waals surface area contributed by atoms with Crippen LogP contribution in [0.5, 0.6) is 0 Å². The molecule has 2 aliphatic rings. The lowest BCUT2D eigenvalue weighted by atomic mass is 9.98. The lowest BCUT2D eigenvalue weighted by molar-refractivity contribution is -0.128. The Morgan fingerprint density at radius 2 is 2.29 bits per heavy atom. The highest BCUT2D eigenvalue weighted by molar-refractivity contribution is 5.79. The predicted octanol–water partition coefficient (Wildman–Crippen LogP) is 1.02. The number of amides is 1. The third kappa shape index (κ3) is 1.92. The van der Waals surface area contributed by atoms with Crippen LogP contribution in [0.3, 0.4) is 0 Å². The summed E-state index contributed by atoms with van der Waals surface area (Å²) in [4.78, 5) is 13.3. The zero-order chi connectivity index (χ0) is 10.1. The predicted molar refractivity (Wildman–Crippen MR) is 53.7 cm³/mol. The molecule has 0 spiro atoms. The molecule has 0 aromatic heterocycles. The van der Waals surface area contributed by atoms with E-state index in [9.17, 15) is 9.90 Å². The van der Waals surface area contributed by atoms with Crippen molar-refractivity contribution in [3.05, 3.63) is 0 Å². The lowest BCUT2D eigenvalue weighted by Crippen LogP contribution is -2.32. The number of rotatable bonds is 2. The van der Waals surface area contributed by atoms with Gasteiger partial charge in [0.2, 0.25) is 5.91 Å². The maximum Gasteiger partial charge on any atom is 0.225 e. The smallest absolute Gasteiger partial charge is 0.225 e. The van der Waals surface area contributed by atoms with E-state index < -0.39 is 6.10 Å². The summed E-state index contributed by atoms with van der Waals surface area (Å²) in [5.41, 5.74) is 0. The molecular weight excluding hydrogens is 178 g/mol. The monoisotopic (exact) mass is 197 g/mol. The van der Waals surface area contributed by atoms with Crippen molar-refractivity contribution in [3.8, 4) is 0 Å². The number of carbonyl (C=O) groups is 1. The van der Waals surface area contributed by atoms with Gasteiger partial charge >= 0.3 is 0 Å². The maximum absolute atomic E-state index is 11.4. The Hall–Kier alpha value is -0.570. The number of likely N-dealkylation sites (tertiary alicyclic amines) is 1. The van der Waals surface area contributed by atoms with Gasteiger partial charge in [0.05, 0.1) is 12.5 Å². The molecule has 1 heterocycles. The Balaban J connectivity index is 1.88. The average molecular weight is 197 g/mol. The van der Waals surface area contributed by atoms with Crippen molar-refractivity contribution in [2.75, 3.05) is 13.1 Å². The SMILES string of the molecule is CC1CCCC1CN1CC(O)CC1=O. The number of hydrogen-bond acceptors (Lipinski definition) is 2. The van der Waals surface area contributed by atoms with Gasteiger partial charge in [-0.15, -0.1) is 0 Å². The van der Waals surface area contributed by atoms with Crippen molar-refractivity contribution in [1.82, 2.24) is 4.90 Å². The summed E-state index contributed by atoms with van der Waals surface area (Å²) in [6.07, 6.45) is 3.77. The highest BCUT2D eigenvalue weighted by Crippen LogP contribution is 2.32. The summed E-state index contributed by atoms with van der Waals surface area (Å²) in [5, 5.41) is 9.35. The van der Waals surface area contributed by atoms with Crippen LogP contribution in [-0.2, 0) is 4.79 Å². The third-order valence-corrected chi connectivity index (χ3v) is 3.69. The van der Waals surface area contributed by atoms with E-state index in [4.69, 9.17) is 0 Å². The molecule has 1 aliphatic heterocycles. The minimum atomic E-state index is -0.417. The van der Waals surface area contributed by atoms with Gasteiger partial charge in [-0.2, -0.15) is 0 Å². The third-order valence-electron chi connectivity index (χ3n) is 3.69. The highest BCUT2D eigenvalue weighted by Gasteiger charge is 2.32. The summed E-state index contributed by atoms with van der Waals surface area (Å²) >= 11 is 0. The molecule has 3 atom stereocenters. The van der Waals surface area contributed by atoms with E-state index in [-0.39, 0.29) is 5.91 Å². The van der Waals surface area contributed by atoms with Gasteiger partial charge in [0.15, 0.2) is 0 Å². The Bertz CT molecular complexity index is 229. The highest BCUT2D eigenvalue weighted by atomic mass is 16.3.